The molecule has 19 heavy (non-hydrogen) atoms. The number of halogens is 3. The summed E-state index contributed by atoms with van der Waals surface area (Å²) >= 11 is 18.1. The first-order valence-corrected chi connectivity index (χ1v) is 6.80. The van der Waals surface area contributed by atoms with Gasteiger partial charge in [-0.1, -0.05) is 40.9 Å². The van der Waals surface area contributed by atoms with Crippen LogP contribution >= 0.6 is 34.8 Å². The lowest BCUT2D eigenvalue weighted by Crippen LogP contribution is -2.07. The van der Waals surface area contributed by atoms with Crippen molar-refractivity contribution in [3.05, 3.63) is 57.0 Å². The Morgan fingerprint density at radius 1 is 1.00 bits per heavy atom. The summed E-state index contributed by atoms with van der Waals surface area (Å²) in [7, 11) is 1.85. The van der Waals surface area contributed by atoms with E-state index in [1.807, 2.05) is 25.2 Å². The Hall–Kier alpha value is -0.930. The van der Waals surface area contributed by atoms with Crippen LogP contribution < -0.4 is 10.1 Å². The number of hydrogen-bond donors (Lipinski definition) is 1. The summed E-state index contributed by atoms with van der Waals surface area (Å²) in [6, 6.07) is 10.6. The van der Waals surface area contributed by atoms with Crippen LogP contribution in [0.4, 0.5) is 0 Å². The van der Waals surface area contributed by atoms with Gasteiger partial charge in [0.15, 0.2) is 0 Å². The first-order chi connectivity index (χ1) is 9.11. The summed E-state index contributed by atoms with van der Waals surface area (Å²) in [6.45, 7) is 0.611. The maximum Gasteiger partial charge on any atom is 0.146 e. The minimum absolute atomic E-state index is 0.461. The highest BCUT2D eigenvalue weighted by atomic mass is 35.5. The van der Waals surface area contributed by atoms with E-state index in [0.717, 1.165) is 5.56 Å². The first-order valence-electron chi connectivity index (χ1n) is 5.66. The van der Waals surface area contributed by atoms with Crippen molar-refractivity contribution < 1.29 is 4.74 Å². The average molecular weight is 317 g/mol. The summed E-state index contributed by atoms with van der Waals surface area (Å²) in [5.41, 5.74) is 0.887. The van der Waals surface area contributed by atoms with E-state index < -0.39 is 0 Å². The average Bonchev–Trinajstić information content (AvgIpc) is 2.37. The molecule has 0 aromatic heterocycles. The van der Waals surface area contributed by atoms with Crippen LogP contribution in [0, 0.1) is 0 Å². The lowest BCUT2D eigenvalue weighted by Gasteiger charge is -2.13. The molecule has 0 saturated heterocycles. The Bertz CT molecular complexity index is 587. The molecule has 2 aromatic carbocycles. The van der Waals surface area contributed by atoms with Crippen molar-refractivity contribution in [2.45, 2.75) is 6.54 Å². The van der Waals surface area contributed by atoms with E-state index >= 15 is 0 Å². The van der Waals surface area contributed by atoms with Crippen LogP contribution in [0.25, 0.3) is 0 Å². The van der Waals surface area contributed by atoms with Gasteiger partial charge in [0.2, 0.25) is 0 Å². The lowest BCUT2D eigenvalue weighted by molar-refractivity contribution is 0.474. The van der Waals surface area contributed by atoms with Crippen molar-refractivity contribution in [1.29, 1.82) is 0 Å². The molecule has 0 fully saturated rings. The van der Waals surface area contributed by atoms with Crippen molar-refractivity contribution in [3.63, 3.8) is 0 Å². The van der Waals surface area contributed by atoms with Gasteiger partial charge in [0, 0.05) is 22.2 Å². The Balaban J connectivity index is 2.35. The molecule has 0 aliphatic rings. The summed E-state index contributed by atoms with van der Waals surface area (Å²) in [5, 5.41) is 4.74. The highest BCUT2D eigenvalue weighted by molar-refractivity contribution is 6.35. The quantitative estimate of drug-likeness (QED) is 0.841. The second-order valence-electron chi connectivity index (χ2n) is 3.92. The van der Waals surface area contributed by atoms with E-state index in [4.69, 9.17) is 39.5 Å². The number of nitrogens with one attached hydrogen (secondary N) is 1. The van der Waals surface area contributed by atoms with Gasteiger partial charge in [-0.25, -0.2) is 0 Å². The molecule has 0 amide bonds. The highest BCUT2D eigenvalue weighted by Gasteiger charge is 2.10. The van der Waals surface area contributed by atoms with Crippen molar-refractivity contribution in [2.75, 3.05) is 7.05 Å². The summed E-state index contributed by atoms with van der Waals surface area (Å²) in [6.07, 6.45) is 0. The van der Waals surface area contributed by atoms with Gasteiger partial charge in [-0.3, -0.25) is 0 Å². The van der Waals surface area contributed by atoms with Crippen molar-refractivity contribution in [2.24, 2.45) is 0 Å². The molecular weight excluding hydrogens is 305 g/mol. The number of benzene rings is 2. The van der Waals surface area contributed by atoms with Gasteiger partial charge in [0.05, 0.1) is 5.02 Å². The van der Waals surface area contributed by atoms with E-state index in [-0.39, 0.29) is 0 Å². The topological polar surface area (TPSA) is 21.3 Å². The largest absolute Gasteiger partial charge is 0.455 e. The smallest absolute Gasteiger partial charge is 0.146 e. The summed E-state index contributed by atoms with van der Waals surface area (Å²) < 4.78 is 5.81. The molecule has 2 rings (SSSR count). The molecule has 0 aliphatic carbocycles. The highest BCUT2D eigenvalue weighted by Crippen LogP contribution is 2.35. The first kappa shape index (κ1) is 14.5. The second kappa shape index (κ2) is 6.49. The third-order valence-corrected chi connectivity index (χ3v) is 3.43. The van der Waals surface area contributed by atoms with Crippen LogP contribution in [0.1, 0.15) is 5.56 Å². The van der Waals surface area contributed by atoms with Crippen LogP contribution in [0.3, 0.4) is 0 Å². The summed E-state index contributed by atoms with van der Waals surface area (Å²) in [4.78, 5) is 0. The monoisotopic (exact) mass is 315 g/mol. The fraction of sp³-hybridized carbons (Fsp3) is 0.143. The minimum atomic E-state index is 0.461. The molecule has 0 atom stereocenters. The zero-order chi connectivity index (χ0) is 13.8. The maximum atomic E-state index is 6.17. The van der Waals surface area contributed by atoms with Gasteiger partial charge in [-0.15, -0.1) is 0 Å². The van der Waals surface area contributed by atoms with E-state index in [0.29, 0.717) is 33.1 Å². The zero-order valence-corrected chi connectivity index (χ0v) is 12.5. The van der Waals surface area contributed by atoms with Gasteiger partial charge in [-0.2, -0.15) is 0 Å². The molecule has 1 N–H and O–H groups in total. The summed E-state index contributed by atoms with van der Waals surface area (Å²) in [5.74, 6) is 1.22. The molecular formula is C14H12Cl3NO. The SMILES string of the molecule is CNCc1c(Cl)cccc1Oc1ccc(Cl)cc1Cl. The van der Waals surface area contributed by atoms with Crippen molar-refractivity contribution >= 4 is 34.8 Å². The van der Waals surface area contributed by atoms with Crippen LogP contribution in [0.5, 0.6) is 11.5 Å². The van der Waals surface area contributed by atoms with Crippen LogP contribution in [-0.4, -0.2) is 7.05 Å². The van der Waals surface area contributed by atoms with E-state index in [1.54, 1.807) is 18.2 Å². The molecule has 0 aliphatic heterocycles. The molecule has 2 nitrogen and oxygen atoms in total. The fourth-order valence-electron chi connectivity index (χ4n) is 1.66. The normalized spacial score (nSPS) is 10.5. The van der Waals surface area contributed by atoms with E-state index in [9.17, 15) is 0 Å². The molecule has 0 spiro atoms. The third kappa shape index (κ3) is 3.54. The minimum Gasteiger partial charge on any atom is -0.455 e. The van der Waals surface area contributed by atoms with Crippen LogP contribution in [-0.2, 0) is 6.54 Å². The molecule has 0 heterocycles. The van der Waals surface area contributed by atoms with E-state index in [1.165, 1.54) is 0 Å². The van der Waals surface area contributed by atoms with Crippen LogP contribution in [0.2, 0.25) is 15.1 Å². The van der Waals surface area contributed by atoms with Crippen molar-refractivity contribution in [3.8, 4) is 11.5 Å². The zero-order valence-electron chi connectivity index (χ0n) is 10.2. The Morgan fingerprint density at radius 3 is 2.47 bits per heavy atom. The molecule has 0 unspecified atom stereocenters. The molecule has 100 valence electrons. The molecule has 5 heteroatoms. The Kier molecular flexibility index (Phi) is 4.94. The standard InChI is InChI=1S/C14H12Cl3NO/c1-18-8-10-11(16)3-2-4-13(10)19-14-6-5-9(15)7-12(14)17/h2-7,18H,8H2,1H3. The third-order valence-electron chi connectivity index (χ3n) is 2.54. The second-order valence-corrected chi connectivity index (χ2v) is 5.17. The number of ether oxygens (including phenoxy) is 1. The van der Waals surface area contributed by atoms with Gasteiger partial charge in [0.25, 0.3) is 0 Å². The molecule has 2 aromatic rings. The molecule has 0 bridgehead atoms. The Labute approximate surface area is 127 Å². The predicted molar refractivity (Wildman–Crippen MR) is 80.8 cm³/mol. The molecule has 0 saturated carbocycles. The maximum absolute atomic E-state index is 6.17. The van der Waals surface area contributed by atoms with E-state index in [2.05, 4.69) is 5.32 Å². The Morgan fingerprint density at radius 2 is 1.79 bits per heavy atom. The van der Waals surface area contributed by atoms with Crippen LogP contribution in [0.15, 0.2) is 36.4 Å². The predicted octanol–water partition coefficient (Wildman–Crippen LogP) is 5.16. The van der Waals surface area contributed by atoms with Gasteiger partial charge >= 0.3 is 0 Å². The molecule has 0 radical (unpaired) electrons. The van der Waals surface area contributed by atoms with Gasteiger partial charge < -0.3 is 10.1 Å². The van der Waals surface area contributed by atoms with Crippen molar-refractivity contribution in [1.82, 2.24) is 5.32 Å². The fourth-order valence-corrected chi connectivity index (χ4v) is 2.34. The van der Waals surface area contributed by atoms with Gasteiger partial charge in [-0.05, 0) is 37.4 Å². The number of hydrogen-bond acceptors (Lipinski definition) is 2. The van der Waals surface area contributed by atoms with Gasteiger partial charge in [0.1, 0.15) is 11.5 Å². The lowest BCUT2D eigenvalue weighted by atomic mass is 10.2. The number of rotatable bonds is 4.